The van der Waals surface area contributed by atoms with Gasteiger partial charge in [-0.1, -0.05) is 13.8 Å². The van der Waals surface area contributed by atoms with Crippen LogP contribution in [0.4, 0.5) is 11.4 Å². The number of ether oxygens (including phenoxy) is 2. The van der Waals surface area contributed by atoms with E-state index in [1.165, 1.54) is 31.2 Å². The van der Waals surface area contributed by atoms with E-state index in [1.54, 1.807) is 24.3 Å². The summed E-state index contributed by atoms with van der Waals surface area (Å²) in [5.74, 6) is -0.144. The summed E-state index contributed by atoms with van der Waals surface area (Å²) in [5.41, 5.74) is 0.579. The van der Waals surface area contributed by atoms with Crippen molar-refractivity contribution in [3.8, 4) is 5.75 Å². The molecule has 0 aliphatic carbocycles. The molecule has 0 heterocycles. The monoisotopic (exact) mass is 386 g/mol. The molecule has 1 atom stereocenters. The normalized spacial score (nSPS) is 11.6. The van der Waals surface area contributed by atoms with E-state index < -0.39 is 22.9 Å². The van der Waals surface area contributed by atoms with Crippen molar-refractivity contribution in [3.63, 3.8) is 0 Å². The predicted molar refractivity (Wildman–Crippen MR) is 103 cm³/mol. The molecule has 1 unspecified atom stereocenters. The zero-order chi connectivity index (χ0) is 20.7. The molecule has 148 valence electrons. The van der Waals surface area contributed by atoms with Crippen LogP contribution in [0.3, 0.4) is 0 Å². The van der Waals surface area contributed by atoms with Gasteiger partial charge in [-0.3, -0.25) is 14.9 Å². The zero-order valence-electron chi connectivity index (χ0n) is 15.9. The second-order valence-electron chi connectivity index (χ2n) is 6.57. The predicted octanol–water partition coefficient (Wildman–Crippen LogP) is 3.81. The van der Waals surface area contributed by atoms with Gasteiger partial charge in [0.1, 0.15) is 5.75 Å². The molecule has 0 saturated carbocycles. The van der Waals surface area contributed by atoms with Crippen molar-refractivity contribution in [2.24, 2.45) is 5.92 Å². The van der Waals surface area contributed by atoms with Gasteiger partial charge in [0, 0.05) is 17.8 Å². The quantitative estimate of drug-likeness (QED) is 0.420. The van der Waals surface area contributed by atoms with Crippen LogP contribution in [0.15, 0.2) is 48.5 Å². The van der Waals surface area contributed by atoms with Crippen molar-refractivity contribution in [2.75, 3.05) is 11.9 Å². The largest absolute Gasteiger partial charge is 0.493 e. The third kappa shape index (κ3) is 6.08. The highest BCUT2D eigenvalue weighted by Crippen LogP contribution is 2.17. The molecule has 2 aromatic carbocycles. The van der Waals surface area contributed by atoms with Crippen LogP contribution in [0.1, 0.15) is 31.1 Å². The van der Waals surface area contributed by atoms with Crippen LogP contribution in [0, 0.1) is 16.0 Å². The number of hydrogen-bond acceptors (Lipinski definition) is 6. The highest BCUT2D eigenvalue weighted by molar-refractivity contribution is 5.97. The minimum atomic E-state index is -1.04. The molecule has 2 aromatic rings. The number of esters is 1. The molecular formula is C20H22N2O6. The molecular weight excluding hydrogens is 364 g/mol. The van der Waals surface area contributed by atoms with Crippen molar-refractivity contribution in [2.45, 2.75) is 26.9 Å². The lowest BCUT2D eigenvalue weighted by atomic mass is 10.2. The van der Waals surface area contributed by atoms with Crippen molar-refractivity contribution in [1.82, 2.24) is 0 Å². The number of amides is 1. The van der Waals surface area contributed by atoms with E-state index in [-0.39, 0.29) is 5.69 Å². The summed E-state index contributed by atoms with van der Waals surface area (Å²) >= 11 is 0. The van der Waals surface area contributed by atoms with E-state index >= 15 is 0 Å². The molecule has 1 N–H and O–H groups in total. The number of carbonyl (C=O) groups is 2. The van der Waals surface area contributed by atoms with Crippen LogP contribution >= 0.6 is 0 Å². The molecule has 0 bridgehead atoms. The molecule has 0 radical (unpaired) electrons. The Morgan fingerprint density at radius 2 is 1.64 bits per heavy atom. The Hall–Kier alpha value is -3.42. The first-order valence-corrected chi connectivity index (χ1v) is 8.75. The highest BCUT2D eigenvalue weighted by Gasteiger charge is 2.19. The molecule has 8 heteroatoms. The second-order valence-corrected chi connectivity index (χ2v) is 6.57. The van der Waals surface area contributed by atoms with Crippen molar-refractivity contribution in [3.05, 3.63) is 64.2 Å². The first-order chi connectivity index (χ1) is 13.3. The summed E-state index contributed by atoms with van der Waals surface area (Å²) < 4.78 is 10.7. The molecule has 8 nitrogen and oxygen atoms in total. The topological polar surface area (TPSA) is 108 Å². The number of rotatable bonds is 8. The maximum absolute atomic E-state index is 12.2. The molecule has 0 aromatic heterocycles. The van der Waals surface area contributed by atoms with E-state index in [9.17, 15) is 19.7 Å². The lowest BCUT2D eigenvalue weighted by molar-refractivity contribution is -0.384. The summed E-state index contributed by atoms with van der Waals surface area (Å²) in [7, 11) is 0. The molecule has 0 spiro atoms. The van der Waals surface area contributed by atoms with Crippen LogP contribution in [-0.2, 0) is 9.53 Å². The van der Waals surface area contributed by atoms with E-state index in [0.29, 0.717) is 29.5 Å². The Balaban J connectivity index is 1.90. The van der Waals surface area contributed by atoms with E-state index in [2.05, 4.69) is 5.32 Å². The number of benzene rings is 2. The molecule has 0 aliphatic rings. The van der Waals surface area contributed by atoms with Gasteiger partial charge in [-0.05, 0) is 49.2 Å². The van der Waals surface area contributed by atoms with E-state index in [1.807, 2.05) is 13.8 Å². The first-order valence-electron chi connectivity index (χ1n) is 8.75. The third-order valence-electron chi connectivity index (χ3n) is 3.67. The van der Waals surface area contributed by atoms with Crippen LogP contribution in [0.2, 0.25) is 0 Å². The number of nitrogens with one attached hydrogen (secondary N) is 1. The fourth-order valence-electron chi connectivity index (χ4n) is 2.14. The van der Waals surface area contributed by atoms with Gasteiger partial charge in [-0.2, -0.15) is 0 Å². The van der Waals surface area contributed by atoms with Crippen molar-refractivity contribution in [1.29, 1.82) is 0 Å². The summed E-state index contributed by atoms with van der Waals surface area (Å²) in [4.78, 5) is 34.5. The van der Waals surface area contributed by atoms with Crippen LogP contribution in [0.5, 0.6) is 5.75 Å². The van der Waals surface area contributed by atoms with Crippen molar-refractivity contribution < 1.29 is 24.0 Å². The number of anilines is 1. The van der Waals surface area contributed by atoms with Crippen LogP contribution in [0.25, 0.3) is 0 Å². The Morgan fingerprint density at radius 1 is 1.04 bits per heavy atom. The first kappa shape index (κ1) is 20.9. The summed E-state index contributed by atoms with van der Waals surface area (Å²) in [6.07, 6.45) is -1.04. The zero-order valence-corrected chi connectivity index (χ0v) is 15.9. The summed E-state index contributed by atoms with van der Waals surface area (Å²) in [5, 5.41) is 13.2. The SMILES string of the molecule is CC(C)COc1ccc(C(=O)OC(C)C(=O)Nc2ccc([N+](=O)[O-])cc2)cc1. The summed E-state index contributed by atoms with van der Waals surface area (Å²) in [6.45, 7) is 6.09. The number of hydrogen-bond donors (Lipinski definition) is 1. The number of non-ortho nitro benzene ring substituents is 1. The van der Waals surface area contributed by atoms with Gasteiger partial charge in [0.15, 0.2) is 6.10 Å². The van der Waals surface area contributed by atoms with Crippen molar-refractivity contribution >= 4 is 23.3 Å². The minimum absolute atomic E-state index is 0.0849. The minimum Gasteiger partial charge on any atom is -0.493 e. The molecule has 28 heavy (non-hydrogen) atoms. The maximum Gasteiger partial charge on any atom is 0.338 e. The Kier molecular flexibility index (Phi) is 7.08. The lowest BCUT2D eigenvalue weighted by Crippen LogP contribution is -2.30. The highest BCUT2D eigenvalue weighted by atomic mass is 16.6. The fourth-order valence-corrected chi connectivity index (χ4v) is 2.14. The Labute approximate surface area is 162 Å². The molecule has 2 rings (SSSR count). The number of nitro groups is 1. The second kappa shape index (κ2) is 9.50. The van der Waals surface area contributed by atoms with Gasteiger partial charge in [0.2, 0.25) is 0 Å². The molecule has 0 fully saturated rings. The van der Waals surface area contributed by atoms with Gasteiger partial charge in [-0.25, -0.2) is 4.79 Å². The molecule has 0 aliphatic heterocycles. The average molecular weight is 386 g/mol. The lowest BCUT2D eigenvalue weighted by Gasteiger charge is -2.14. The Bertz CT molecular complexity index is 831. The van der Waals surface area contributed by atoms with Crippen LogP contribution < -0.4 is 10.1 Å². The summed E-state index contributed by atoms with van der Waals surface area (Å²) in [6, 6.07) is 11.8. The number of nitrogens with zero attached hydrogens (tertiary/aromatic N) is 1. The van der Waals surface area contributed by atoms with Gasteiger partial charge in [-0.15, -0.1) is 0 Å². The fraction of sp³-hybridized carbons (Fsp3) is 0.300. The standard InChI is InChI=1S/C20H22N2O6/c1-13(2)12-27-18-10-4-15(5-11-18)20(24)28-14(3)19(23)21-16-6-8-17(9-7-16)22(25)26/h4-11,13-14H,12H2,1-3H3,(H,21,23). The van der Waals surface area contributed by atoms with Gasteiger partial charge >= 0.3 is 5.97 Å². The third-order valence-corrected chi connectivity index (χ3v) is 3.67. The van der Waals surface area contributed by atoms with Gasteiger partial charge in [0.25, 0.3) is 11.6 Å². The Morgan fingerprint density at radius 3 is 2.18 bits per heavy atom. The number of nitro benzene ring substituents is 1. The van der Waals surface area contributed by atoms with Crippen LogP contribution in [-0.4, -0.2) is 29.5 Å². The van der Waals surface area contributed by atoms with Gasteiger partial charge in [0.05, 0.1) is 17.1 Å². The van der Waals surface area contributed by atoms with Gasteiger partial charge < -0.3 is 14.8 Å². The average Bonchev–Trinajstić information content (AvgIpc) is 2.67. The van der Waals surface area contributed by atoms with E-state index in [0.717, 1.165) is 0 Å². The molecule has 0 saturated heterocycles. The smallest absolute Gasteiger partial charge is 0.338 e. The maximum atomic E-state index is 12.2. The van der Waals surface area contributed by atoms with E-state index in [4.69, 9.17) is 9.47 Å². The number of carbonyl (C=O) groups excluding carboxylic acids is 2. The molecule has 1 amide bonds.